The maximum absolute atomic E-state index is 11.0. The molecule has 1 rings (SSSR count). The highest BCUT2D eigenvalue weighted by atomic mass is 32.2. The van der Waals surface area contributed by atoms with Crippen molar-refractivity contribution in [3.63, 3.8) is 0 Å². The van der Waals surface area contributed by atoms with E-state index in [0.29, 0.717) is 11.4 Å². The minimum absolute atomic E-state index is 0.448. The lowest BCUT2D eigenvalue weighted by molar-refractivity contribution is -0.190. The van der Waals surface area contributed by atoms with Gasteiger partial charge in [0.2, 0.25) is 16.4 Å². The Bertz CT molecular complexity index is 486. The molecule has 1 aromatic rings. The summed E-state index contributed by atoms with van der Waals surface area (Å²) in [5.41, 5.74) is 0.448. The third kappa shape index (κ3) is 6.33. The molecule has 0 fully saturated rings. The zero-order valence-electron chi connectivity index (χ0n) is 9.69. The molecule has 18 heavy (non-hydrogen) atoms. The number of oxime groups is 1. The van der Waals surface area contributed by atoms with E-state index in [-0.39, 0.29) is 0 Å². The standard InChI is InChI=1S/C9H12N2O5S2/c1-17-16-15-10-7-14-9-5-3-8(4-6-9)11-18(2,12)13/h3-7,11H,1-2H3/b10-7+. The third-order valence-corrected chi connectivity index (χ3v) is 2.33. The predicted octanol–water partition coefficient (Wildman–Crippen LogP) is 1.61. The molecule has 9 heteroatoms. The van der Waals surface area contributed by atoms with E-state index >= 15 is 0 Å². The van der Waals surface area contributed by atoms with E-state index in [4.69, 9.17) is 4.74 Å². The van der Waals surface area contributed by atoms with E-state index in [2.05, 4.69) is 19.2 Å². The highest BCUT2D eigenvalue weighted by Gasteiger charge is 2.01. The first-order valence-electron chi connectivity index (χ1n) is 4.64. The number of nitrogens with one attached hydrogen (secondary N) is 1. The van der Waals surface area contributed by atoms with Crippen LogP contribution in [0.3, 0.4) is 0 Å². The monoisotopic (exact) mass is 292 g/mol. The van der Waals surface area contributed by atoms with Crippen molar-refractivity contribution in [2.75, 3.05) is 17.2 Å². The quantitative estimate of drug-likeness (QED) is 0.205. The Morgan fingerprint density at radius 2 is 2.00 bits per heavy atom. The lowest BCUT2D eigenvalue weighted by Gasteiger charge is -2.04. The summed E-state index contributed by atoms with van der Waals surface area (Å²) in [7, 11) is -3.27. The zero-order valence-corrected chi connectivity index (χ0v) is 11.3. The number of hydrogen-bond donors (Lipinski definition) is 1. The van der Waals surface area contributed by atoms with Gasteiger partial charge in [-0.15, -0.1) is 0 Å². The molecule has 0 radical (unpaired) electrons. The molecule has 1 N–H and O–H groups in total. The van der Waals surface area contributed by atoms with Gasteiger partial charge in [0.15, 0.2) is 0 Å². The number of benzene rings is 1. The molecule has 0 bridgehead atoms. The molecule has 0 aliphatic heterocycles. The molecule has 7 nitrogen and oxygen atoms in total. The fourth-order valence-electron chi connectivity index (χ4n) is 0.964. The summed E-state index contributed by atoms with van der Waals surface area (Å²) in [6.45, 7) is 0. The van der Waals surface area contributed by atoms with Crippen molar-refractivity contribution in [3.05, 3.63) is 24.3 Å². The Morgan fingerprint density at radius 3 is 2.56 bits per heavy atom. The molecule has 1 aromatic carbocycles. The van der Waals surface area contributed by atoms with E-state index in [1.54, 1.807) is 30.5 Å². The van der Waals surface area contributed by atoms with Crippen LogP contribution in [-0.4, -0.2) is 27.3 Å². The third-order valence-electron chi connectivity index (χ3n) is 1.53. The lowest BCUT2D eigenvalue weighted by atomic mass is 10.3. The van der Waals surface area contributed by atoms with Crippen LogP contribution in [0.4, 0.5) is 5.69 Å². The minimum Gasteiger partial charge on any atom is -0.442 e. The fraction of sp³-hybridized carbons (Fsp3) is 0.222. The van der Waals surface area contributed by atoms with Crippen molar-refractivity contribution < 1.29 is 22.5 Å². The van der Waals surface area contributed by atoms with Gasteiger partial charge in [-0.1, -0.05) is 4.33 Å². The van der Waals surface area contributed by atoms with Gasteiger partial charge in [-0.3, -0.25) is 4.72 Å². The number of ether oxygens (including phenoxy) is 1. The molecule has 0 amide bonds. The van der Waals surface area contributed by atoms with Crippen molar-refractivity contribution in [1.82, 2.24) is 0 Å². The van der Waals surface area contributed by atoms with Gasteiger partial charge < -0.3 is 4.74 Å². The van der Waals surface area contributed by atoms with E-state index in [1.165, 1.54) is 0 Å². The minimum atomic E-state index is -3.27. The van der Waals surface area contributed by atoms with E-state index in [1.807, 2.05) is 0 Å². The van der Waals surface area contributed by atoms with Gasteiger partial charge >= 0.3 is 0 Å². The molecular formula is C9H12N2O5S2. The Morgan fingerprint density at radius 1 is 1.33 bits per heavy atom. The summed E-state index contributed by atoms with van der Waals surface area (Å²) in [4.78, 5) is 4.31. The lowest BCUT2D eigenvalue weighted by Crippen LogP contribution is -2.09. The van der Waals surface area contributed by atoms with E-state index in [9.17, 15) is 8.42 Å². The van der Waals surface area contributed by atoms with Crippen molar-refractivity contribution >= 4 is 34.2 Å². The van der Waals surface area contributed by atoms with Gasteiger partial charge in [-0.25, -0.2) is 13.4 Å². The van der Waals surface area contributed by atoms with Crippen LogP contribution in [-0.2, 0) is 19.3 Å². The second-order valence-electron chi connectivity index (χ2n) is 3.04. The average molecular weight is 292 g/mol. The molecule has 0 saturated heterocycles. The van der Waals surface area contributed by atoms with Gasteiger partial charge in [0, 0.05) is 24.0 Å². The summed E-state index contributed by atoms with van der Waals surface area (Å²) in [6.07, 6.45) is 3.80. The number of sulfonamides is 1. The molecule has 100 valence electrons. The SMILES string of the molecule is CSOO/N=C/Oc1ccc(NS(C)(=O)=O)cc1. The first kappa shape index (κ1) is 14.6. The Balaban J connectivity index is 2.48. The van der Waals surface area contributed by atoms with Crippen LogP contribution < -0.4 is 9.46 Å². The van der Waals surface area contributed by atoms with Crippen molar-refractivity contribution in [2.45, 2.75) is 0 Å². The van der Waals surface area contributed by atoms with E-state index in [0.717, 1.165) is 24.7 Å². The molecule has 0 atom stereocenters. The van der Waals surface area contributed by atoms with Crippen LogP contribution in [0.25, 0.3) is 0 Å². The Kier molecular flexibility index (Phi) is 5.75. The van der Waals surface area contributed by atoms with Crippen molar-refractivity contribution in [3.8, 4) is 5.75 Å². The maximum Gasteiger partial charge on any atom is 0.229 e. The number of rotatable bonds is 7. The summed E-state index contributed by atoms with van der Waals surface area (Å²) in [6, 6.07) is 6.27. The molecule has 0 saturated carbocycles. The second kappa shape index (κ2) is 7.09. The summed E-state index contributed by atoms with van der Waals surface area (Å²) in [5, 5.41) is 3.34. The van der Waals surface area contributed by atoms with E-state index < -0.39 is 10.0 Å². The number of nitrogens with zero attached hydrogens (tertiary/aromatic N) is 1. The zero-order chi connectivity index (χ0) is 13.4. The molecular weight excluding hydrogens is 280 g/mol. The van der Waals surface area contributed by atoms with Crippen LogP contribution in [0.5, 0.6) is 5.75 Å². The fourth-order valence-corrected chi connectivity index (χ4v) is 1.62. The Hall–Kier alpha value is -1.45. The normalized spacial score (nSPS) is 11.4. The van der Waals surface area contributed by atoms with Crippen molar-refractivity contribution in [2.24, 2.45) is 5.16 Å². The maximum atomic E-state index is 11.0. The van der Waals surface area contributed by atoms with Crippen LogP contribution in [0.15, 0.2) is 29.4 Å². The average Bonchev–Trinajstić information content (AvgIpc) is 2.29. The van der Waals surface area contributed by atoms with Crippen LogP contribution in [0.2, 0.25) is 0 Å². The highest BCUT2D eigenvalue weighted by molar-refractivity contribution is 7.93. The van der Waals surface area contributed by atoms with Gasteiger partial charge in [0.1, 0.15) is 5.75 Å². The van der Waals surface area contributed by atoms with Crippen molar-refractivity contribution in [1.29, 1.82) is 0 Å². The highest BCUT2D eigenvalue weighted by Crippen LogP contribution is 2.15. The molecule has 0 unspecified atom stereocenters. The van der Waals surface area contributed by atoms with Crippen LogP contribution in [0.1, 0.15) is 0 Å². The first-order chi connectivity index (χ1) is 8.51. The number of anilines is 1. The van der Waals surface area contributed by atoms with Crippen LogP contribution >= 0.6 is 12.0 Å². The predicted molar refractivity (Wildman–Crippen MR) is 69.7 cm³/mol. The molecule has 0 aliphatic rings. The van der Waals surface area contributed by atoms with Gasteiger partial charge in [-0.2, -0.15) is 0 Å². The largest absolute Gasteiger partial charge is 0.442 e. The van der Waals surface area contributed by atoms with Crippen LogP contribution in [0, 0.1) is 0 Å². The topological polar surface area (TPSA) is 86.2 Å². The van der Waals surface area contributed by atoms with Gasteiger partial charge in [0.05, 0.1) is 6.26 Å². The summed E-state index contributed by atoms with van der Waals surface area (Å²) < 4.78 is 33.7. The second-order valence-corrected chi connectivity index (χ2v) is 5.25. The summed E-state index contributed by atoms with van der Waals surface area (Å²) >= 11 is 0.998. The molecule has 0 aliphatic carbocycles. The molecule has 0 aromatic heterocycles. The molecule has 0 heterocycles. The smallest absolute Gasteiger partial charge is 0.229 e. The van der Waals surface area contributed by atoms with Gasteiger partial charge in [0.25, 0.3) is 0 Å². The molecule has 0 spiro atoms. The Labute approximate surface area is 109 Å². The first-order valence-corrected chi connectivity index (χ1v) is 7.68. The number of hydrogen-bond acceptors (Lipinski definition) is 7. The summed E-state index contributed by atoms with van der Waals surface area (Å²) in [5.74, 6) is 0.477. The van der Waals surface area contributed by atoms with Gasteiger partial charge in [-0.05, 0) is 29.4 Å².